The van der Waals surface area contributed by atoms with Crippen LogP contribution in [0.3, 0.4) is 0 Å². The van der Waals surface area contributed by atoms with E-state index >= 15 is 0 Å². The molecule has 0 aliphatic carbocycles. The lowest BCUT2D eigenvalue weighted by molar-refractivity contribution is 0.0605. The van der Waals surface area contributed by atoms with Gasteiger partial charge >= 0.3 is 5.97 Å². The quantitative estimate of drug-likeness (QED) is 0.760. The van der Waals surface area contributed by atoms with Crippen molar-refractivity contribution in [2.24, 2.45) is 0 Å². The van der Waals surface area contributed by atoms with Crippen molar-refractivity contribution in [3.63, 3.8) is 0 Å². The van der Waals surface area contributed by atoms with E-state index in [0.29, 0.717) is 15.6 Å². The van der Waals surface area contributed by atoms with Crippen LogP contribution >= 0.6 is 38.9 Å². The maximum absolute atomic E-state index is 11.5. The number of methoxy groups -OCH3 is 1. The number of aromatic nitrogens is 1. The molecule has 1 aromatic heterocycles. The van der Waals surface area contributed by atoms with Crippen LogP contribution in [0.5, 0.6) is 0 Å². The molecule has 0 aliphatic rings. The first kappa shape index (κ1) is 13.5. The second-order valence-corrected chi connectivity index (χ2v) is 5.81. The third-order valence-corrected chi connectivity index (χ3v) is 4.75. The highest BCUT2D eigenvalue weighted by atomic mass is 79.9. The second-order valence-electron chi connectivity index (χ2n) is 3.55. The Morgan fingerprint density at radius 2 is 2.22 bits per heavy atom. The van der Waals surface area contributed by atoms with Gasteiger partial charge in [-0.15, -0.1) is 11.3 Å². The van der Waals surface area contributed by atoms with Gasteiger partial charge in [-0.3, -0.25) is 0 Å². The minimum Gasteiger partial charge on any atom is -0.465 e. The summed E-state index contributed by atoms with van der Waals surface area (Å²) in [6.45, 7) is 1.78. The summed E-state index contributed by atoms with van der Waals surface area (Å²) in [5.74, 6) is -0.362. The van der Waals surface area contributed by atoms with Gasteiger partial charge in [0, 0.05) is 10.0 Å². The van der Waals surface area contributed by atoms with Crippen LogP contribution in [0, 0.1) is 6.92 Å². The molecule has 0 atom stereocenters. The molecule has 0 spiro atoms. The van der Waals surface area contributed by atoms with Crippen LogP contribution in [0.2, 0.25) is 5.02 Å². The largest absolute Gasteiger partial charge is 0.465 e. The van der Waals surface area contributed by atoms with Gasteiger partial charge in [0.25, 0.3) is 0 Å². The van der Waals surface area contributed by atoms with Crippen molar-refractivity contribution in [2.45, 2.75) is 6.92 Å². The van der Waals surface area contributed by atoms with Crippen LogP contribution in [0.25, 0.3) is 10.6 Å². The van der Waals surface area contributed by atoms with Crippen molar-refractivity contribution in [3.05, 3.63) is 38.3 Å². The Kier molecular flexibility index (Phi) is 4.04. The van der Waals surface area contributed by atoms with Crippen LogP contribution in [0.15, 0.2) is 22.7 Å². The van der Waals surface area contributed by atoms with Crippen LogP contribution in [0.1, 0.15) is 15.4 Å². The number of carbonyl (C=O) groups is 1. The van der Waals surface area contributed by atoms with Crippen LogP contribution < -0.4 is 0 Å². The lowest BCUT2D eigenvalue weighted by Gasteiger charge is -1.99. The number of hydrogen-bond donors (Lipinski definition) is 0. The van der Waals surface area contributed by atoms with Gasteiger partial charge in [0.1, 0.15) is 9.88 Å². The number of rotatable bonds is 2. The fourth-order valence-electron chi connectivity index (χ4n) is 1.43. The van der Waals surface area contributed by atoms with Crippen molar-refractivity contribution in [1.82, 2.24) is 4.98 Å². The van der Waals surface area contributed by atoms with Gasteiger partial charge in [-0.1, -0.05) is 17.7 Å². The fraction of sp³-hybridized carbons (Fsp3) is 0.167. The third-order valence-electron chi connectivity index (χ3n) is 2.33. The number of ether oxygens (including phenoxy) is 1. The maximum atomic E-state index is 11.5. The van der Waals surface area contributed by atoms with Crippen molar-refractivity contribution in [2.75, 3.05) is 7.11 Å². The molecule has 94 valence electrons. The molecule has 0 N–H and O–H groups in total. The van der Waals surface area contributed by atoms with E-state index in [1.807, 2.05) is 18.2 Å². The molecular weight excluding hydrogens is 338 g/mol. The summed E-state index contributed by atoms with van der Waals surface area (Å²) in [6.07, 6.45) is 0. The molecule has 2 aromatic rings. The van der Waals surface area contributed by atoms with Gasteiger partial charge in [-0.25, -0.2) is 9.78 Å². The molecule has 2 rings (SSSR count). The number of benzene rings is 1. The van der Waals surface area contributed by atoms with Gasteiger partial charge in [-0.2, -0.15) is 0 Å². The Bertz CT molecular complexity index is 612. The van der Waals surface area contributed by atoms with Crippen LogP contribution in [-0.4, -0.2) is 18.1 Å². The van der Waals surface area contributed by atoms with Crippen molar-refractivity contribution < 1.29 is 9.53 Å². The minimum atomic E-state index is -0.362. The van der Waals surface area contributed by atoms with Gasteiger partial charge in [0.15, 0.2) is 0 Å². The molecule has 6 heteroatoms. The third kappa shape index (κ3) is 2.58. The summed E-state index contributed by atoms with van der Waals surface area (Å²) < 4.78 is 5.54. The van der Waals surface area contributed by atoms with E-state index in [1.165, 1.54) is 18.4 Å². The highest BCUT2D eigenvalue weighted by molar-refractivity contribution is 9.10. The SMILES string of the molecule is COC(=O)c1sc(-c2ccc(Br)c(Cl)c2)nc1C. The molecule has 0 bridgehead atoms. The van der Waals surface area contributed by atoms with Gasteiger partial charge < -0.3 is 4.74 Å². The second kappa shape index (κ2) is 5.38. The zero-order valence-corrected chi connectivity index (χ0v) is 12.8. The van der Waals surface area contributed by atoms with E-state index < -0.39 is 0 Å². The summed E-state index contributed by atoms with van der Waals surface area (Å²) >= 11 is 10.7. The molecule has 18 heavy (non-hydrogen) atoms. The molecule has 0 unspecified atom stereocenters. The van der Waals surface area contributed by atoms with E-state index in [2.05, 4.69) is 20.9 Å². The van der Waals surface area contributed by atoms with Crippen molar-refractivity contribution in [3.8, 4) is 10.6 Å². The number of thiazole rings is 1. The average Bonchev–Trinajstić information content (AvgIpc) is 2.74. The Morgan fingerprint density at radius 1 is 1.50 bits per heavy atom. The lowest BCUT2D eigenvalue weighted by atomic mass is 10.2. The molecule has 0 amide bonds. The number of nitrogens with zero attached hydrogens (tertiary/aromatic N) is 1. The molecule has 0 saturated carbocycles. The normalized spacial score (nSPS) is 10.4. The lowest BCUT2D eigenvalue weighted by Crippen LogP contribution is -1.99. The Hall–Kier alpha value is -0.910. The van der Waals surface area contributed by atoms with E-state index in [9.17, 15) is 4.79 Å². The molecule has 1 aromatic carbocycles. The molecule has 0 saturated heterocycles. The number of carbonyl (C=O) groups excluding carboxylic acids is 1. The predicted molar refractivity (Wildman–Crippen MR) is 76.3 cm³/mol. The fourth-order valence-corrected chi connectivity index (χ4v) is 2.84. The highest BCUT2D eigenvalue weighted by Gasteiger charge is 2.16. The number of aryl methyl sites for hydroxylation is 1. The topological polar surface area (TPSA) is 39.2 Å². The first-order valence-corrected chi connectivity index (χ1v) is 7.03. The minimum absolute atomic E-state index is 0.362. The summed E-state index contributed by atoms with van der Waals surface area (Å²) in [6, 6.07) is 5.56. The predicted octanol–water partition coefficient (Wildman–Crippen LogP) is 4.32. The maximum Gasteiger partial charge on any atom is 0.349 e. The first-order chi connectivity index (χ1) is 8.52. The standard InChI is InChI=1S/C12H9BrClNO2S/c1-6-10(12(16)17-2)18-11(15-6)7-3-4-8(13)9(14)5-7/h3-5H,1-2H3. The van der Waals surface area contributed by atoms with Crippen LogP contribution in [-0.2, 0) is 4.74 Å². The van der Waals surface area contributed by atoms with Gasteiger partial charge in [-0.05, 0) is 35.0 Å². The Balaban J connectivity index is 2.45. The molecule has 1 heterocycles. The zero-order chi connectivity index (χ0) is 13.3. The molecule has 0 aliphatic heterocycles. The Labute approximate surface area is 122 Å². The Morgan fingerprint density at radius 3 is 2.83 bits per heavy atom. The number of hydrogen-bond acceptors (Lipinski definition) is 4. The summed E-state index contributed by atoms with van der Waals surface area (Å²) in [5.41, 5.74) is 1.55. The zero-order valence-electron chi connectivity index (χ0n) is 9.66. The smallest absolute Gasteiger partial charge is 0.349 e. The molecule has 3 nitrogen and oxygen atoms in total. The summed E-state index contributed by atoms with van der Waals surface area (Å²) in [4.78, 5) is 16.4. The van der Waals surface area contributed by atoms with E-state index in [1.54, 1.807) is 6.92 Å². The molecule has 0 fully saturated rings. The van der Waals surface area contributed by atoms with Crippen LogP contribution in [0.4, 0.5) is 0 Å². The van der Waals surface area contributed by atoms with E-state index in [4.69, 9.17) is 16.3 Å². The summed E-state index contributed by atoms with van der Waals surface area (Å²) in [5, 5.41) is 1.36. The van der Waals surface area contributed by atoms with Crippen molar-refractivity contribution >= 4 is 44.8 Å². The monoisotopic (exact) mass is 345 g/mol. The highest BCUT2D eigenvalue weighted by Crippen LogP contribution is 2.32. The molecule has 0 radical (unpaired) electrons. The summed E-state index contributed by atoms with van der Waals surface area (Å²) in [7, 11) is 1.36. The first-order valence-electron chi connectivity index (χ1n) is 5.04. The van der Waals surface area contributed by atoms with Gasteiger partial charge in [0.2, 0.25) is 0 Å². The van der Waals surface area contributed by atoms with Crippen molar-refractivity contribution in [1.29, 1.82) is 0 Å². The molecular formula is C12H9BrClNO2S. The number of halogens is 2. The van der Waals surface area contributed by atoms with E-state index in [0.717, 1.165) is 15.0 Å². The van der Waals surface area contributed by atoms with Gasteiger partial charge in [0.05, 0.1) is 17.8 Å². The van der Waals surface area contributed by atoms with E-state index in [-0.39, 0.29) is 5.97 Å². The average molecular weight is 347 g/mol. The number of esters is 1.